The number of halogens is 1. The molecule has 0 bridgehead atoms. The lowest BCUT2D eigenvalue weighted by Crippen LogP contribution is -2.27. The zero-order valence-corrected chi connectivity index (χ0v) is 19.6. The molecule has 2 amide bonds. The number of phenols is 1. The Bertz CT molecular complexity index is 1330. The van der Waals surface area contributed by atoms with Crippen molar-refractivity contribution in [3.63, 3.8) is 0 Å². The van der Waals surface area contributed by atoms with Crippen molar-refractivity contribution in [3.05, 3.63) is 84.2 Å². The summed E-state index contributed by atoms with van der Waals surface area (Å²) in [6.45, 7) is 0.0734. The summed E-state index contributed by atoms with van der Waals surface area (Å²) in [4.78, 5) is 25.2. The fourth-order valence-corrected chi connectivity index (χ4v) is 3.53. The minimum atomic E-state index is -1.19. The number of nitrogens with one attached hydrogen (secondary N) is 2. The largest absolute Gasteiger partial charge is 0.505 e. The number of hydrogen-bond donors (Lipinski definition) is 4. The normalized spacial score (nSPS) is 13.7. The molecule has 0 spiro atoms. The van der Waals surface area contributed by atoms with E-state index in [0.29, 0.717) is 28.6 Å². The van der Waals surface area contributed by atoms with E-state index in [1.165, 1.54) is 25.3 Å². The molecule has 0 unspecified atom stereocenters. The summed E-state index contributed by atoms with van der Waals surface area (Å²) in [5.41, 5.74) is 7.20. The molecule has 192 valence electrons. The molecule has 2 atom stereocenters. The lowest BCUT2D eigenvalue weighted by molar-refractivity contribution is -0.112. The second-order valence-corrected chi connectivity index (χ2v) is 7.87. The summed E-state index contributed by atoms with van der Waals surface area (Å²) in [7, 11) is 1.34. The van der Waals surface area contributed by atoms with E-state index in [0.717, 1.165) is 12.1 Å². The molecule has 0 aromatic heterocycles. The van der Waals surface area contributed by atoms with Crippen molar-refractivity contribution in [2.75, 3.05) is 30.3 Å². The number of aromatic hydroxyl groups is 1. The number of nitrogen functional groups attached to an aromatic ring is 1. The maximum Gasteiger partial charge on any atom is 0.412 e. The number of methoxy groups -OCH3 is 1. The van der Waals surface area contributed by atoms with Gasteiger partial charge in [-0.3, -0.25) is 10.1 Å². The van der Waals surface area contributed by atoms with E-state index in [-0.39, 0.29) is 12.4 Å². The van der Waals surface area contributed by atoms with E-state index in [2.05, 4.69) is 10.6 Å². The van der Waals surface area contributed by atoms with Gasteiger partial charge < -0.3 is 35.1 Å². The molecule has 0 radical (unpaired) electrons. The zero-order chi connectivity index (χ0) is 26.4. The van der Waals surface area contributed by atoms with Crippen LogP contribution in [0.3, 0.4) is 0 Å². The van der Waals surface area contributed by atoms with Crippen LogP contribution in [-0.4, -0.2) is 37.1 Å². The Kier molecular flexibility index (Phi) is 7.74. The predicted octanol–water partition coefficient (Wildman–Crippen LogP) is 4.34. The molecule has 0 aliphatic carbocycles. The van der Waals surface area contributed by atoms with Gasteiger partial charge in [0, 0.05) is 24.9 Å². The van der Waals surface area contributed by atoms with Gasteiger partial charge in [-0.25, -0.2) is 9.18 Å². The number of carbonyl (C=O) groups is 2. The quantitative estimate of drug-likeness (QED) is 0.260. The highest BCUT2D eigenvalue weighted by atomic mass is 19.1. The average Bonchev–Trinajstić information content (AvgIpc) is 3.35. The number of para-hydroxylation sites is 2. The van der Waals surface area contributed by atoms with E-state index >= 15 is 0 Å². The van der Waals surface area contributed by atoms with Gasteiger partial charge in [-0.05, 0) is 48.0 Å². The van der Waals surface area contributed by atoms with Crippen LogP contribution in [0.5, 0.6) is 17.2 Å². The molecular weight excluding hydrogens is 485 g/mol. The first-order valence-electron chi connectivity index (χ1n) is 11.1. The van der Waals surface area contributed by atoms with Crippen molar-refractivity contribution in [2.45, 2.75) is 12.2 Å². The van der Waals surface area contributed by atoms with Crippen molar-refractivity contribution in [1.29, 1.82) is 0 Å². The van der Waals surface area contributed by atoms with Gasteiger partial charge in [-0.2, -0.15) is 0 Å². The van der Waals surface area contributed by atoms with Crippen LogP contribution in [0.4, 0.5) is 26.2 Å². The fraction of sp³-hybridized carbons (Fsp3) is 0.154. The number of carbonyl (C=O) groups excluding carboxylic acids is 2. The van der Waals surface area contributed by atoms with Crippen molar-refractivity contribution in [1.82, 2.24) is 0 Å². The first-order valence-corrected chi connectivity index (χ1v) is 11.1. The number of phenolic OH excluding ortho intramolecular Hbond substituents is 1. The molecule has 10 nitrogen and oxygen atoms in total. The number of ether oxygens (including phenoxy) is 4. The van der Waals surface area contributed by atoms with Crippen molar-refractivity contribution in [2.24, 2.45) is 0 Å². The summed E-state index contributed by atoms with van der Waals surface area (Å²) in [5.74, 6) is -1.01. The van der Waals surface area contributed by atoms with Crippen molar-refractivity contribution < 1.29 is 38.0 Å². The summed E-state index contributed by atoms with van der Waals surface area (Å²) in [5, 5.41) is 14.8. The maximum absolute atomic E-state index is 14.1. The van der Waals surface area contributed by atoms with Gasteiger partial charge in [0.05, 0.1) is 11.4 Å². The number of hydrogen-bond acceptors (Lipinski definition) is 8. The van der Waals surface area contributed by atoms with Gasteiger partial charge in [0.2, 0.25) is 12.7 Å². The Balaban J connectivity index is 1.53. The number of fused-ring (bicyclic) bond motifs is 1. The number of benzene rings is 3. The summed E-state index contributed by atoms with van der Waals surface area (Å²) < 4.78 is 35.7. The standard InChI is InChI=1S/C26H24FN3O7/c1-34-22(10-11-24(32)30-19-5-3-2-4-18(19)28)25(15-6-8-20(31)17(27)12-15)37-26(33)29-16-7-9-21-23(13-16)36-14-35-21/h2-13,22,25,31H,14,28H2,1H3,(H,29,33)(H,30,32)/b11-10+/t22-,25-/m0/s1. The molecule has 1 aliphatic heterocycles. The lowest BCUT2D eigenvalue weighted by atomic mass is 10.0. The molecule has 0 fully saturated rings. The monoisotopic (exact) mass is 509 g/mol. The third-order valence-corrected chi connectivity index (χ3v) is 5.38. The Hall–Kier alpha value is -4.77. The molecule has 5 N–H and O–H groups in total. The minimum Gasteiger partial charge on any atom is -0.505 e. The van der Waals surface area contributed by atoms with E-state index in [4.69, 9.17) is 24.7 Å². The third-order valence-electron chi connectivity index (χ3n) is 5.38. The van der Waals surface area contributed by atoms with E-state index in [1.54, 1.807) is 42.5 Å². The van der Waals surface area contributed by atoms with Gasteiger partial charge in [-0.1, -0.05) is 18.2 Å². The molecule has 0 saturated heterocycles. The Morgan fingerprint density at radius 3 is 2.62 bits per heavy atom. The number of amides is 2. The van der Waals surface area contributed by atoms with Crippen LogP contribution in [-0.2, 0) is 14.3 Å². The van der Waals surface area contributed by atoms with Crippen LogP contribution in [0.15, 0.2) is 72.8 Å². The number of anilines is 3. The highest BCUT2D eigenvalue weighted by molar-refractivity contribution is 6.01. The second-order valence-electron chi connectivity index (χ2n) is 7.87. The summed E-state index contributed by atoms with van der Waals surface area (Å²) >= 11 is 0. The Labute approximate surface area is 211 Å². The molecule has 11 heteroatoms. The Morgan fingerprint density at radius 1 is 1.08 bits per heavy atom. The topological polar surface area (TPSA) is 141 Å². The smallest absolute Gasteiger partial charge is 0.412 e. The SMILES string of the molecule is CO[C@@H](/C=C/C(=O)Nc1ccccc1N)[C@@H](OC(=O)Nc1ccc2c(c1)OCO2)c1ccc(O)c(F)c1. The molecule has 1 heterocycles. The van der Waals surface area contributed by atoms with Gasteiger partial charge >= 0.3 is 6.09 Å². The molecule has 4 rings (SSSR count). The maximum atomic E-state index is 14.1. The summed E-state index contributed by atoms with van der Waals surface area (Å²) in [6.07, 6.45) is -0.541. The van der Waals surface area contributed by atoms with Crippen LogP contribution in [0.2, 0.25) is 0 Å². The zero-order valence-electron chi connectivity index (χ0n) is 19.6. The summed E-state index contributed by atoms with van der Waals surface area (Å²) in [6, 6.07) is 15.0. The predicted molar refractivity (Wildman–Crippen MR) is 133 cm³/mol. The number of rotatable bonds is 8. The van der Waals surface area contributed by atoms with Crippen molar-refractivity contribution >= 4 is 29.1 Å². The first-order chi connectivity index (χ1) is 17.8. The van der Waals surface area contributed by atoms with Gasteiger partial charge in [0.1, 0.15) is 6.10 Å². The lowest BCUT2D eigenvalue weighted by Gasteiger charge is -2.24. The molecular formula is C26H24FN3O7. The molecule has 1 aliphatic rings. The van der Waals surface area contributed by atoms with Crippen LogP contribution in [0.25, 0.3) is 0 Å². The first kappa shape index (κ1) is 25.3. The highest BCUT2D eigenvalue weighted by Gasteiger charge is 2.27. The Morgan fingerprint density at radius 2 is 1.86 bits per heavy atom. The highest BCUT2D eigenvalue weighted by Crippen LogP contribution is 2.35. The molecule has 37 heavy (non-hydrogen) atoms. The van der Waals surface area contributed by atoms with Gasteiger partial charge in [-0.15, -0.1) is 0 Å². The molecule has 3 aromatic rings. The average molecular weight is 509 g/mol. The van der Waals surface area contributed by atoms with Crippen LogP contribution in [0.1, 0.15) is 11.7 Å². The minimum absolute atomic E-state index is 0.0734. The fourth-order valence-electron chi connectivity index (χ4n) is 3.53. The van der Waals surface area contributed by atoms with Crippen LogP contribution in [0, 0.1) is 5.82 Å². The van der Waals surface area contributed by atoms with Crippen molar-refractivity contribution in [3.8, 4) is 17.2 Å². The van der Waals surface area contributed by atoms with Crippen LogP contribution < -0.4 is 25.8 Å². The second kappa shape index (κ2) is 11.3. The van der Waals surface area contributed by atoms with E-state index in [1.807, 2.05) is 0 Å². The van der Waals surface area contributed by atoms with E-state index < -0.39 is 35.8 Å². The van der Waals surface area contributed by atoms with Gasteiger partial charge in [0.25, 0.3) is 0 Å². The van der Waals surface area contributed by atoms with Gasteiger partial charge in [0.15, 0.2) is 29.2 Å². The molecule has 3 aromatic carbocycles. The number of nitrogens with two attached hydrogens (primary N) is 1. The van der Waals surface area contributed by atoms with E-state index in [9.17, 15) is 19.1 Å². The third kappa shape index (κ3) is 6.27. The molecule has 0 saturated carbocycles. The van der Waals surface area contributed by atoms with Crippen LogP contribution >= 0.6 is 0 Å².